The number of hydrogen-bond donors (Lipinski definition) is 1. The van der Waals surface area contributed by atoms with Crippen LogP contribution >= 0.6 is 0 Å². The second-order valence-electron chi connectivity index (χ2n) is 6.84. The lowest BCUT2D eigenvalue weighted by atomic mass is 9.82. The zero-order valence-corrected chi connectivity index (χ0v) is 13.5. The van der Waals surface area contributed by atoms with Crippen molar-refractivity contribution in [1.82, 2.24) is 10.2 Å². The molecule has 0 aromatic heterocycles. The Bertz CT molecular complexity index is 443. The van der Waals surface area contributed by atoms with Crippen LogP contribution in [0.25, 0.3) is 0 Å². The van der Waals surface area contributed by atoms with Crippen LogP contribution in [0.15, 0.2) is 24.3 Å². The minimum Gasteiger partial charge on any atom is -0.313 e. The van der Waals surface area contributed by atoms with E-state index in [2.05, 4.69) is 41.4 Å². The fourth-order valence-electron chi connectivity index (χ4n) is 4.09. The van der Waals surface area contributed by atoms with Crippen molar-refractivity contribution in [3.8, 4) is 0 Å². The molecule has 1 aliphatic heterocycles. The van der Waals surface area contributed by atoms with Crippen LogP contribution in [0, 0.1) is 0 Å². The van der Waals surface area contributed by atoms with E-state index in [1.807, 2.05) is 0 Å². The molecule has 1 saturated heterocycles. The van der Waals surface area contributed by atoms with Crippen molar-refractivity contribution in [2.45, 2.75) is 57.4 Å². The van der Waals surface area contributed by atoms with E-state index in [1.165, 1.54) is 64.7 Å². The Labute approximate surface area is 129 Å². The minimum absolute atomic E-state index is 0.720. The molecule has 2 heteroatoms. The summed E-state index contributed by atoms with van der Waals surface area (Å²) in [6.07, 6.45) is 7.99. The molecular weight excluding hydrogens is 256 g/mol. The predicted octanol–water partition coefficient (Wildman–Crippen LogP) is 3.57. The first kappa shape index (κ1) is 15.1. The highest BCUT2D eigenvalue weighted by molar-refractivity contribution is 5.32. The van der Waals surface area contributed by atoms with Gasteiger partial charge in [0.2, 0.25) is 0 Å². The molecule has 1 aromatic carbocycles. The van der Waals surface area contributed by atoms with Crippen LogP contribution in [0.3, 0.4) is 0 Å². The first-order valence-electron chi connectivity index (χ1n) is 8.90. The van der Waals surface area contributed by atoms with E-state index in [-0.39, 0.29) is 0 Å². The highest BCUT2D eigenvalue weighted by Crippen LogP contribution is 2.32. The maximum atomic E-state index is 3.72. The molecule has 1 aliphatic carbocycles. The number of fused-ring (bicyclic) bond motifs is 1. The van der Waals surface area contributed by atoms with Gasteiger partial charge in [-0.05, 0) is 68.7 Å². The van der Waals surface area contributed by atoms with Gasteiger partial charge < -0.3 is 10.2 Å². The Kier molecular flexibility index (Phi) is 5.32. The number of piperidine rings is 1. The monoisotopic (exact) mass is 286 g/mol. The average Bonchev–Trinajstić information content (AvgIpc) is 2.54. The van der Waals surface area contributed by atoms with Crippen molar-refractivity contribution in [2.75, 3.05) is 26.2 Å². The molecule has 0 spiro atoms. The second kappa shape index (κ2) is 7.42. The minimum atomic E-state index is 0.720. The van der Waals surface area contributed by atoms with Gasteiger partial charge in [-0.2, -0.15) is 0 Å². The average molecular weight is 286 g/mol. The highest BCUT2D eigenvalue weighted by atomic mass is 15.2. The van der Waals surface area contributed by atoms with Crippen molar-refractivity contribution in [3.63, 3.8) is 0 Å². The van der Waals surface area contributed by atoms with Gasteiger partial charge >= 0.3 is 0 Å². The molecule has 1 fully saturated rings. The number of benzene rings is 1. The summed E-state index contributed by atoms with van der Waals surface area (Å²) in [6, 6.07) is 9.85. The van der Waals surface area contributed by atoms with Crippen molar-refractivity contribution < 1.29 is 0 Å². The molecular formula is C19H30N2. The molecule has 2 atom stereocenters. The third kappa shape index (κ3) is 3.87. The van der Waals surface area contributed by atoms with Gasteiger partial charge in [-0.3, -0.25) is 0 Å². The van der Waals surface area contributed by atoms with E-state index < -0.39 is 0 Å². The molecule has 21 heavy (non-hydrogen) atoms. The molecule has 2 aliphatic rings. The van der Waals surface area contributed by atoms with Gasteiger partial charge in [0.05, 0.1) is 0 Å². The summed E-state index contributed by atoms with van der Waals surface area (Å²) in [4.78, 5) is 2.71. The summed E-state index contributed by atoms with van der Waals surface area (Å²) in [5, 5.41) is 3.72. The van der Waals surface area contributed by atoms with Crippen LogP contribution in [0.2, 0.25) is 0 Å². The maximum absolute atomic E-state index is 3.72. The van der Waals surface area contributed by atoms with Crippen molar-refractivity contribution >= 4 is 0 Å². The number of nitrogens with zero attached hydrogens (tertiary/aromatic N) is 1. The molecule has 2 nitrogen and oxygen atoms in total. The topological polar surface area (TPSA) is 15.3 Å². The van der Waals surface area contributed by atoms with Crippen LogP contribution in [-0.4, -0.2) is 37.1 Å². The van der Waals surface area contributed by atoms with Gasteiger partial charge in [0, 0.05) is 19.1 Å². The molecule has 0 amide bonds. The molecule has 0 radical (unpaired) electrons. The molecule has 2 unspecified atom stereocenters. The van der Waals surface area contributed by atoms with Gasteiger partial charge in [-0.25, -0.2) is 0 Å². The lowest BCUT2D eigenvalue weighted by molar-refractivity contribution is 0.177. The summed E-state index contributed by atoms with van der Waals surface area (Å²) >= 11 is 0. The molecule has 0 bridgehead atoms. The van der Waals surface area contributed by atoms with Crippen LogP contribution in [0.1, 0.15) is 56.1 Å². The van der Waals surface area contributed by atoms with Crippen LogP contribution in [0.5, 0.6) is 0 Å². The lowest BCUT2D eigenvalue weighted by Crippen LogP contribution is -2.47. The largest absolute Gasteiger partial charge is 0.313 e. The van der Waals surface area contributed by atoms with Gasteiger partial charge in [0.15, 0.2) is 0 Å². The third-order valence-corrected chi connectivity index (χ3v) is 5.16. The molecule has 1 N–H and O–H groups in total. The van der Waals surface area contributed by atoms with Gasteiger partial charge in [-0.15, -0.1) is 0 Å². The van der Waals surface area contributed by atoms with Crippen molar-refractivity contribution in [3.05, 3.63) is 35.4 Å². The number of rotatable bonds is 5. The zero-order chi connectivity index (χ0) is 14.5. The maximum Gasteiger partial charge on any atom is 0.0195 e. The summed E-state index contributed by atoms with van der Waals surface area (Å²) in [5.74, 6) is 0.764. The highest BCUT2D eigenvalue weighted by Gasteiger charge is 2.25. The normalized spacial score (nSPS) is 26.5. The summed E-state index contributed by atoms with van der Waals surface area (Å²) in [6.45, 7) is 7.24. The number of nitrogens with one attached hydrogen (secondary N) is 1. The quantitative estimate of drug-likeness (QED) is 0.890. The summed E-state index contributed by atoms with van der Waals surface area (Å²) < 4.78 is 0. The molecule has 1 heterocycles. The molecule has 1 aromatic rings. The summed E-state index contributed by atoms with van der Waals surface area (Å²) in [5.41, 5.74) is 3.24. The molecule has 0 saturated carbocycles. The number of hydrogen-bond acceptors (Lipinski definition) is 2. The van der Waals surface area contributed by atoms with Crippen molar-refractivity contribution in [1.29, 1.82) is 0 Å². The van der Waals surface area contributed by atoms with Gasteiger partial charge in [-0.1, -0.05) is 31.2 Å². The third-order valence-electron chi connectivity index (χ3n) is 5.16. The molecule has 3 rings (SSSR count). The van der Waals surface area contributed by atoms with Gasteiger partial charge in [0.25, 0.3) is 0 Å². The fourth-order valence-corrected chi connectivity index (χ4v) is 4.09. The lowest BCUT2D eigenvalue weighted by Gasteiger charge is -2.37. The zero-order valence-electron chi connectivity index (χ0n) is 13.5. The van der Waals surface area contributed by atoms with E-state index in [9.17, 15) is 0 Å². The van der Waals surface area contributed by atoms with E-state index >= 15 is 0 Å². The van der Waals surface area contributed by atoms with Gasteiger partial charge in [0.1, 0.15) is 0 Å². The first-order valence-corrected chi connectivity index (χ1v) is 8.90. The van der Waals surface area contributed by atoms with E-state index in [4.69, 9.17) is 0 Å². The number of aryl methyl sites for hydroxylation is 1. The Hall–Kier alpha value is -0.860. The Morgan fingerprint density at radius 2 is 2.10 bits per heavy atom. The SMILES string of the molecule is CCCNC1CCCN(CC2CCCc3ccccc32)C1. The Balaban J connectivity index is 1.59. The predicted molar refractivity (Wildman–Crippen MR) is 89.9 cm³/mol. The Morgan fingerprint density at radius 1 is 1.19 bits per heavy atom. The first-order chi connectivity index (χ1) is 10.4. The van der Waals surface area contributed by atoms with Crippen LogP contribution in [-0.2, 0) is 6.42 Å². The van der Waals surface area contributed by atoms with Crippen LogP contribution in [0.4, 0.5) is 0 Å². The number of likely N-dealkylation sites (tertiary alicyclic amines) is 1. The fraction of sp³-hybridized carbons (Fsp3) is 0.684. The smallest absolute Gasteiger partial charge is 0.0195 e. The standard InChI is InChI=1S/C19H30N2/c1-2-12-20-18-10-6-13-21(15-18)14-17-9-5-8-16-7-3-4-11-19(16)17/h3-4,7,11,17-18,20H,2,5-6,8-10,12-15H2,1H3. The van der Waals surface area contributed by atoms with Crippen molar-refractivity contribution in [2.24, 2.45) is 0 Å². The Morgan fingerprint density at radius 3 is 3.00 bits per heavy atom. The molecule has 116 valence electrons. The van der Waals surface area contributed by atoms with E-state index in [0.29, 0.717) is 0 Å². The van der Waals surface area contributed by atoms with E-state index in [1.54, 1.807) is 11.1 Å². The second-order valence-corrected chi connectivity index (χ2v) is 6.84. The van der Waals surface area contributed by atoms with E-state index in [0.717, 1.165) is 12.0 Å². The summed E-state index contributed by atoms with van der Waals surface area (Å²) in [7, 11) is 0. The van der Waals surface area contributed by atoms with Crippen LogP contribution < -0.4 is 5.32 Å².